The van der Waals surface area contributed by atoms with Crippen LogP contribution in [-0.2, 0) is 0 Å². The molecule has 0 bridgehead atoms. The van der Waals surface area contributed by atoms with E-state index >= 15 is 0 Å². The van der Waals surface area contributed by atoms with Crippen molar-refractivity contribution < 1.29 is 4.39 Å². The zero-order valence-electron chi connectivity index (χ0n) is 11.0. The molecule has 94 valence electrons. The minimum absolute atomic E-state index is 0.158. The SMILES string of the molecule is CCC/C(F)=C(/CCC)[Se+](C)c1ccccc1. The molecule has 0 aromatic heterocycles. The van der Waals surface area contributed by atoms with E-state index in [4.69, 9.17) is 0 Å². The Morgan fingerprint density at radius 3 is 2.18 bits per heavy atom. The summed E-state index contributed by atoms with van der Waals surface area (Å²) < 4.78 is 16.5. The summed E-state index contributed by atoms with van der Waals surface area (Å²) in [7, 11) is 0. The van der Waals surface area contributed by atoms with E-state index in [2.05, 4.69) is 37.0 Å². The fourth-order valence-corrected chi connectivity index (χ4v) is 5.57. The zero-order chi connectivity index (χ0) is 12.7. The molecule has 1 aromatic carbocycles. The van der Waals surface area contributed by atoms with Crippen molar-refractivity contribution in [1.29, 1.82) is 0 Å². The molecule has 2 heteroatoms. The molecule has 0 spiro atoms. The second-order valence-electron chi connectivity index (χ2n) is 4.15. The predicted octanol–water partition coefficient (Wildman–Crippen LogP) is 4.38. The van der Waals surface area contributed by atoms with Crippen molar-refractivity contribution in [3.63, 3.8) is 0 Å². The second kappa shape index (κ2) is 7.68. The first-order valence-electron chi connectivity index (χ1n) is 6.29. The fourth-order valence-electron chi connectivity index (χ4n) is 1.81. The summed E-state index contributed by atoms with van der Waals surface area (Å²) in [6.45, 7) is 4.17. The van der Waals surface area contributed by atoms with Gasteiger partial charge in [0.25, 0.3) is 0 Å². The van der Waals surface area contributed by atoms with Gasteiger partial charge >= 0.3 is 109 Å². The first kappa shape index (κ1) is 14.5. The Morgan fingerprint density at radius 2 is 1.65 bits per heavy atom. The van der Waals surface area contributed by atoms with Gasteiger partial charge < -0.3 is 0 Å². The summed E-state index contributed by atoms with van der Waals surface area (Å²) >= 11 is -1.13. The molecule has 1 aromatic rings. The minimum atomic E-state index is -1.13. The average Bonchev–Trinajstić information content (AvgIpc) is 2.36. The quantitative estimate of drug-likeness (QED) is 0.684. The molecule has 0 heterocycles. The molecule has 0 radical (unpaired) electrons. The number of benzene rings is 1. The summed E-state index contributed by atoms with van der Waals surface area (Å²) in [6.07, 6.45) is 3.46. The van der Waals surface area contributed by atoms with Gasteiger partial charge in [-0.2, -0.15) is 0 Å². The Hall–Kier alpha value is -0.591. The third-order valence-corrected chi connectivity index (χ3v) is 7.21. The van der Waals surface area contributed by atoms with E-state index in [1.807, 2.05) is 13.0 Å². The maximum atomic E-state index is 14.1. The average molecular weight is 300 g/mol. The third kappa shape index (κ3) is 4.29. The molecule has 0 aliphatic rings. The number of rotatable bonds is 6. The molecular formula is C15H22FSe+. The maximum absolute atomic E-state index is 14.1. The standard InChI is InChI=1S/C15H22FSe/c1-4-9-14(16)15(10-5-2)17(3)13-11-7-6-8-12-13/h6-8,11-12H,4-5,9-10H2,1-3H3/q+1/b15-14+. The van der Waals surface area contributed by atoms with E-state index in [0.29, 0.717) is 6.42 Å². The van der Waals surface area contributed by atoms with Crippen molar-refractivity contribution in [2.75, 3.05) is 0 Å². The van der Waals surface area contributed by atoms with Gasteiger partial charge in [-0.1, -0.05) is 0 Å². The Bertz CT molecular complexity index is 356. The van der Waals surface area contributed by atoms with Gasteiger partial charge in [0.2, 0.25) is 0 Å². The molecule has 17 heavy (non-hydrogen) atoms. The van der Waals surface area contributed by atoms with Gasteiger partial charge in [-0.3, -0.25) is 0 Å². The number of hydrogen-bond acceptors (Lipinski definition) is 0. The molecule has 0 saturated carbocycles. The van der Waals surface area contributed by atoms with Gasteiger partial charge in [0.15, 0.2) is 0 Å². The van der Waals surface area contributed by atoms with Crippen LogP contribution in [0.15, 0.2) is 40.6 Å². The predicted molar refractivity (Wildman–Crippen MR) is 75.6 cm³/mol. The van der Waals surface area contributed by atoms with Crippen molar-refractivity contribution in [2.45, 2.75) is 45.4 Å². The van der Waals surface area contributed by atoms with Crippen LogP contribution in [0.3, 0.4) is 0 Å². The van der Waals surface area contributed by atoms with Gasteiger partial charge in [-0.05, 0) is 0 Å². The van der Waals surface area contributed by atoms with Crippen LogP contribution < -0.4 is 4.46 Å². The van der Waals surface area contributed by atoms with Gasteiger partial charge in [0.05, 0.1) is 0 Å². The van der Waals surface area contributed by atoms with Crippen molar-refractivity contribution in [2.24, 2.45) is 0 Å². The van der Waals surface area contributed by atoms with Gasteiger partial charge in [0, 0.05) is 0 Å². The van der Waals surface area contributed by atoms with Crippen molar-refractivity contribution in [1.82, 2.24) is 0 Å². The molecule has 1 unspecified atom stereocenters. The van der Waals surface area contributed by atoms with Crippen molar-refractivity contribution in [3.8, 4) is 0 Å². The van der Waals surface area contributed by atoms with E-state index < -0.39 is 13.9 Å². The van der Waals surface area contributed by atoms with Crippen molar-refractivity contribution in [3.05, 3.63) is 40.6 Å². The van der Waals surface area contributed by atoms with E-state index in [9.17, 15) is 4.39 Å². The molecule has 0 nitrogen and oxygen atoms in total. The number of halogens is 1. The second-order valence-corrected chi connectivity index (χ2v) is 8.32. The van der Waals surface area contributed by atoms with Crippen LogP contribution in [0.4, 0.5) is 4.39 Å². The molecule has 1 rings (SSSR count). The summed E-state index contributed by atoms with van der Waals surface area (Å²) in [5.41, 5.74) is 0. The van der Waals surface area contributed by atoms with Gasteiger partial charge in [-0.25, -0.2) is 0 Å². The van der Waals surface area contributed by atoms with Crippen LogP contribution in [-0.4, -0.2) is 13.9 Å². The monoisotopic (exact) mass is 301 g/mol. The van der Waals surface area contributed by atoms with Crippen molar-refractivity contribution >= 4 is 18.4 Å². The summed E-state index contributed by atoms with van der Waals surface area (Å²) in [4.78, 5) is 0. The molecule has 0 fully saturated rings. The van der Waals surface area contributed by atoms with Crippen LogP contribution in [0.5, 0.6) is 0 Å². The number of hydrogen-bond donors (Lipinski definition) is 0. The Labute approximate surface area is 109 Å². The third-order valence-electron chi connectivity index (χ3n) is 2.72. The van der Waals surface area contributed by atoms with E-state index in [0.717, 1.165) is 23.7 Å². The van der Waals surface area contributed by atoms with E-state index in [1.165, 1.54) is 4.46 Å². The van der Waals surface area contributed by atoms with Crippen LogP contribution >= 0.6 is 0 Å². The number of allylic oxidation sites excluding steroid dienone is 2. The Balaban J connectivity index is 2.95. The van der Waals surface area contributed by atoms with Gasteiger partial charge in [0.1, 0.15) is 0 Å². The topological polar surface area (TPSA) is 0 Å². The van der Waals surface area contributed by atoms with Crippen LogP contribution in [0.25, 0.3) is 0 Å². The fraction of sp³-hybridized carbons (Fsp3) is 0.467. The molecule has 0 aliphatic heterocycles. The normalized spacial score (nSPS) is 14.4. The molecular weight excluding hydrogens is 278 g/mol. The Morgan fingerprint density at radius 1 is 1.06 bits per heavy atom. The van der Waals surface area contributed by atoms with E-state index in [1.54, 1.807) is 0 Å². The summed E-state index contributed by atoms with van der Waals surface area (Å²) in [5, 5.41) is 0. The Kier molecular flexibility index (Phi) is 6.54. The first-order valence-corrected chi connectivity index (χ1v) is 9.71. The van der Waals surface area contributed by atoms with Crippen LogP contribution in [0, 0.1) is 0 Å². The van der Waals surface area contributed by atoms with Gasteiger partial charge in [-0.15, -0.1) is 0 Å². The zero-order valence-corrected chi connectivity index (χ0v) is 12.7. The molecule has 0 N–H and O–H groups in total. The van der Waals surface area contributed by atoms with Crippen LogP contribution in [0.1, 0.15) is 39.5 Å². The first-order chi connectivity index (χ1) is 8.20. The summed E-state index contributed by atoms with van der Waals surface area (Å²) in [5.74, 6) is 2.39. The molecule has 0 aliphatic carbocycles. The molecule has 1 atom stereocenters. The van der Waals surface area contributed by atoms with Crippen LogP contribution in [0.2, 0.25) is 5.82 Å². The summed E-state index contributed by atoms with van der Waals surface area (Å²) in [6, 6.07) is 10.4. The molecule has 0 amide bonds. The van der Waals surface area contributed by atoms with E-state index in [-0.39, 0.29) is 5.83 Å². The molecule has 0 saturated heterocycles.